The van der Waals surface area contributed by atoms with Crippen molar-refractivity contribution >= 4 is 64.2 Å². The quantitative estimate of drug-likeness (QED) is 0.116. The molecule has 40 heavy (non-hydrogen) atoms. The number of amides is 1. The number of esters is 1. The average molecular weight is 595 g/mol. The minimum absolute atomic E-state index is 0.208. The monoisotopic (exact) mass is 593 g/mol. The lowest BCUT2D eigenvalue weighted by atomic mass is 10.0. The van der Waals surface area contributed by atoms with Crippen molar-refractivity contribution in [2.75, 3.05) is 11.9 Å². The highest BCUT2D eigenvalue weighted by atomic mass is 35.5. The van der Waals surface area contributed by atoms with Gasteiger partial charge in [0.05, 0.1) is 5.69 Å². The molecule has 0 fully saturated rings. The molecule has 9 heteroatoms. The number of carbonyl (C=O) groups is 3. The molecule has 1 amide bonds. The van der Waals surface area contributed by atoms with Crippen LogP contribution in [0, 0.1) is 0 Å². The zero-order valence-electron chi connectivity index (χ0n) is 20.9. The molecule has 0 atom stereocenters. The van der Waals surface area contributed by atoms with Crippen LogP contribution in [0.5, 0.6) is 5.75 Å². The Morgan fingerprint density at radius 2 is 1.50 bits per heavy atom. The van der Waals surface area contributed by atoms with Crippen LogP contribution in [0.3, 0.4) is 0 Å². The molecule has 0 radical (unpaired) electrons. The number of ether oxygens (including phenoxy) is 2. The van der Waals surface area contributed by atoms with E-state index < -0.39 is 18.5 Å². The predicted molar refractivity (Wildman–Crippen MR) is 157 cm³/mol. The first-order valence-electron chi connectivity index (χ1n) is 12.0. The second-order valence-electron chi connectivity index (χ2n) is 8.43. The van der Waals surface area contributed by atoms with Crippen LogP contribution in [0.4, 0.5) is 5.69 Å². The highest BCUT2D eigenvalue weighted by Gasteiger charge is 2.16. The van der Waals surface area contributed by atoms with Gasteiger partial charge in [-0.2, -0.15) is 0 Å². The molecule has 0 saturated carbocycles. The van der Waals surface area contributed by atoms with E-state index in [2.05, 4.69) is 5.32 Å². The zero-order valence-corrected chi connectivity index (χ0v) is 23.2. The molecule has 4 aromatic rings. The van der Waals surface area contributed by atoms with Crippen LogP contribution in [0.2, 0.25) is 15.1 Å². The summed E-state index contributed by atoms with van der Waals surface area (Å²) in [6, 6.07) is 25.4. The topological polar surface area (TPSA) is 81.7 Å². The van der Waals surface area contributed by atoms with Crippen molar-refractivity contribution in [3.05, 3.63) is 134 Å². The maximum Gasteiger partial charge on any atom is 0.331 e. The first-order valence-corrected chi connectivity index (χ1v) is 13.1. The highest BCUT2D eigenvalue weighted by Crippen LogP contribution is 2.26. The molecule has 0 bridgehead atoms. The van der Waals surface area contributed by atoms with E-state index >= 15 is 0 Å². The Labute approximate surface area is 246 Å². The number of ketones is 1. The lowest BCUT2D eigenvalue weighted by Gasteiger charge is -2.11. The Morgan fingerprint density at radius 1 is 0.800 bits per heavy atom. The summed E-state index contributed by atoms with van der Waals surface area (Å²) in [4.78, 5) is 37.5. The van der Waals surface area contributed by atoms with Crippen molar-refractivity contribution in [3.63, 3.8) is 0 Å². The number of anilines is 1. The van der Waals surface area contributed by atoms with E-state index in [1.165, 1.54) is 18.2 Å². The van der Waals surface area contributed by atoms with Gasteiger partial charge in [-0.05, 0) is 54.1 Å². The fourth-order valence-corrected chi connectivity index (χ4v) is 4.27. The van der Waals surface area contributed by atoms with E-state index in [0.29, 0.717) is 31.9 Å². The molecule has 4 aromatic carbocycles. The molecule has 4 rings (SSSR count). The normalized spacial score (nSPS) is 10.8. The van der Waals surface area contributed by atoms with Gasteiger partial charge in [0.1, 0.15) is 12.4 Å². The smallest absolute Gasteiger partial charge is 0.331 e. The minimum Gasteiger partial charge on any atom is -0.489 e. The van der Waals surface area contributed by atoms with Crippen LogP contribution < -0.4 is 10.1 Å². The molecule has 0 saturated heterocycles. The van der Waals surface area contributed by atoms with E-state index in [1.54, 1.807) is 84.9 Å². The number of benzene rings is 4. The van der Waals surface area contributed by atoms with E-state index in [0.717, 1.165) is 5.56 Å². The SMILES string of the molecule is O=C(COC(=O)C=Cc1ccc(OCc2c(Cl)cccc2Cl)cc1)Nc1ccc(Cl)cc1C(=O)c1ccccc1. The van der Waals surface area contributed by atoms with Gasteiger partial charge in [-0.1, -0.05) is 83.3 Å². The molecule has 202 valence electrons. The van der Waals surface area contributed by atoms with Crippen molar-refractivity contribution in [2.45, 2.75) is 6.61 Å². The van der Waals surface area contributed by atoms with Gasteiger partial charge >= 0.3 is 5.97 Å². The summed E-state index contributed by atoms with van der Waals surface area (Å²) in [6.45, 7) is -0.331. The van der Waals surface area contributed by atoms with Crippen molar-refractivity contribution in [3.8, 4) is 5.75 Å². The average Bonchev–Trinajstić information content (AvgIpc) is 2.96. The molecule has 6 nitrogen and oxygen atoms in total. The van der Waals surface area contributed by atoms with Crippen molar-refractivity contribution in [1.29, 1.82) is 0 Å². The van der Waals surface area contributed by atoms with E-state index in [9.17, 15) is 14.4 Å². The molecule has 0 aliphatic rings. The highest BCUT2D eigenvalue weighted by molar-refractivity contribution is 6.36. The number of hydrogen-bond donors (Lipinski definition) is 1. The van der Waals surface area contributed by atoms with Gasteiger partial charge in [0.15, 0.2) is 12.4 Å². The zero-order chi connectivity index (χ0) is 28.5. The summed E-state index contributed by atoms with van der Waals surface area (Å²) >= 11 is 18.4. The van der Waals surface area contributed by atoms with E-state index in [4.69, 9.17) is 44.3 Å². The molecule has 0 aliphatic carbocycles. The third-order valence-corrected chi connectivity index (χ3v) is 6.56. The molecular weight excluding hydrogens is 573 g/mol. The summed E-state index contributed by atoms with van der Waals surface area (Å²) in [5.41, 5.74) is 2.34. The summed E-state index contributed by atoms with van der Waals surface area (Å²) in [5, 5.41) is 3.99. The van der Waals surface area contributed by atoms with Gasteiger partial charge < -0.3 is 14.8 Å². The van der Waals surface area contributed by atoms with Gasteiger partial charge in [-0.3, -0.25) is 9.59 Å². The van der Waals surface area contributed by atoms with Gasteiger partial charge in [0.25, 0.3) is 5.91 Å². The number of nitrogens with one attached hydrogen (secondary N) is 1. The Hall–Kier alpha value is -4.10. The number of halogens is 3. The van der Waals surface area contributed by atoms with Crippen LogP contribution in [0.15, 0.2) is 97.1 Å². The molecular formula is C31H22Cl3NO5. The van der Waals surface area contributed by atoms with Crippen LogP contribution >= 0.6 is 34.8 Å². The Morgan fingerprint density at radius 3 is 2.20 bits per heavy atom. The fourth-order valence-electron chi connectivity index (χ4n) is 3.59. The number of rotatable bonds is 10. The summed E-state index contributed by atoms with van der Waals surface area (Å²) in [7, 11) is 0. The molecule has 0 aromatic heterocycles. The third kappa shape index (κ3) is 7.96. The summed E-state index contributed by atoms with van der Waals surface area (Å²) < 4.78 is 10.8. The second-order valence-corrected chi connectivity index (χ2v) is 9.68. The van der Waals surface area contributed by atoms with Gasteiger partial charge in [-0.25, -0.2) is 4.79 Å². The first kappa shape index (κ1) is 28.9. The minimum atomic E-state index is -0.708. The molecule has 0 unspecified atom stereocenters. The van der Waals surface area contributed by atoms with Crippen molar-refractivity contribution < 1.29 is 23.9 Å². The van der Waals surface area contributed by atoms with Crippen molar-refractivity contribution in [1.82, 2.24) is 0 Å². The van der Waals surface area contributed by atoms with E-state index in [1.807, 2.05) is 0 Å². The number of hydrogen-bond acceptors (Lipinski definition) is 5. The van der Waals surface area contributed by atoms with Crippen LogP contribution in [-0.2, 0) is 20.9 Å². The van der Waals surface area contributed by atoms with Crippen LogP contribution in [-0.4, -0.2) is 24.3 Å². The third-order valence-electron chi connectivity index (χ3n) is 5.62. The first-order chi connectivity index (χ1) is 19.3. The molecule has 1 N–H and O–H groups in total. The Bertz CT molecular complexity index is 1530. The van der Waals surface area contributed by atoms with Gasteiger partial charge in [-0.15, -0.1) is 0 Å². The Balaban J connectivity index is 1.28. The molecule has 0 heterocycles. The lowest BCUT2D eigenvalue weighted by Crippen LogP contribution is -2.21. The van der Waals surface area contributed by atoms with E-state index in [-0.39, 0.29) is 23.6 Å². The maximum atomic E-state index is 12.9. The van der Waals surface area contributed by atoms with Gasteiger partial charge in [0, 0.05) is 37.8 Å². The molecule has 0 aliphatic heterocycles. The largest absolute Gasteiger partial charge is 0.489 e. The summed E-state index contributed by atoms with van der Waals surface area (Å²) in [6.07, 6.45) is 2.75. The standard InChI is InChI=1S/C31H22Cl3NO5/c32-22-12-15-28(24(17-22)31(38)21-5-2-1-3-6-21)35-29(36)19-40-30(37)16-11-20-9-13-23(14-10-20)39-18-25-26(33)7-4-8-27(25)34/h1-17H,18-19H2,(H,35,36). The second kappa shape index (κ2) is 13.8. The Kier molecular flexibility index (Phi) is 9.97. The number of carbonyl (C=O) groups excluding carboxylic acids is 3. The van der Waals surface area contributed by atoms with Crippen molar-refractivity contribution in [2.24, 2.45) is 0 Å². The lowest BCUT2D eigenvalue weighted by molar-refractivity contribution is -0.142. The van der Waals surface area contributed by atoms with Crippen LogP contribution in [0.25, 0.3) is 6.08 Å². The maximum absolute atomic E-state index is 12.9. The predicted octanol–water partition coefficient (Wildman–Crippen LogP) is 7.65. The summed E-state index contributed by atoms with van der Waals surface area (Å²) in [5.74, 6) is -1.02. The molecule has 0 spiro atoms. The van der Waals surface area contributed by atoms with Crippen LogP contribution in [0.1, 0.15) is 27.0 Å². The van der Waals surface area contributed by atoms with Gasteiger partial charge in [0.2, 0.25) is 0 Å². The fraction of sp³-hybridized carbons (Fsp3) is 0.0645.